The van der Waals surface area contributed by atoms with Crippen LogP contribution in [0.3, 0.4) is 0 Å². The third-order valence-corrected chi connectivity index (χ3v) is 4.37. The first-order chi connectivity index (χ1) is 14.5. The lowest BCUT2D eigenvalue weighted by atomic mass is 10.2. The first-order valence-corrected chi connectivity index (χ1v) is 9.66. The summed E-state index contributed by atoms with van der Waals surface area (Å²) in [6.45, 7) is -0.210. The minimum absolute atomic E-state index is 0.210. The van der Waals surface area contributed by atoms with Crippen molar-refractivity contribution in [2.75, 3.05) is 11.9 Å². The molecule has 8 heteroatoms. The summed E-state index contributed by atoms with van der Waals surface area (Å²) in [7, 11) is 0. The third kappa shape index (κ3) is 6.52. The van der Waals surface area contributed by atoms with E-state index in [2.05, 4.69) is 31.8 Å². The van der Waals surface area contributed by atoms with Crippen molar-refractivity contribution in [1.29, 1.82) is 0 Å². The molecule has 0 unspecified atom stereocenters. The van der Waals surface area contributed by atoms with Crippen LogP contribution in [0.1, 0.15) is 15.9 Å². The smallest absolute Gasteiger partial charge is 0.271 e. The molecule has 0 saturated carbocycles. The Labute approximate surface area is 180 Å². The Kier molecular flexibility index (Phi) is 7.29. The van der Waals surface area contributed by atoms with Crippen LogP contribution in [-0.4, -0.2) is 24.6 Å². The van der Waals surface area contributed by atoms with E-state index >= 15 is 0 Å². The summed E-state index contributed by atoms with van der Waals surface area (Å²) in [5.41, 5.74) is 4.10. The largest absolute Gasteiger partial charge is 0.484 e. The number of hydrogen-bond acceptors (Lipinski definition) is 4. The highest BCUT2D eigenvalue weighted by atomic mass is 79.9. The summed E-state index contributed by atoms with van der Waals surface area (Å²) in [5.74, 6) is -0.616. The van der Waals surface area contributed by atoms with Crippen LogP contribution in [-0.2, 0) is 4.79 Å². The van der Waals surface area contributed by atoms with Gasteiger partial charge in [-0.15, -0.1) is 0 Å². The van der Waals surface area contributed by atoms with Gasteiger partial charge in [0.1, 0.15) is 11.6 Å². The number of rotatable bonds is 7. The maximum atomic E-state index is 12.9. The average Bonchev–Trinajstić information content (AvgIpc) is 2.75. The van der Waals surface area contributed by atoms with E-state index in [1.54, 1.807) is 48.5 Å². The zero-order chi connectivity index (χ0) is 21.3. The summed E-state index contributed by atoms with van der Waals surface area (Å²) in [4.78, 5) is 24.0. The molecule has 0 bridgehead atoms. The number of hydrogen-bond donors (Lipinski definition) is 2. The molecule has 6 nitrogen and oxygen atoms in total. The van der Waals surface area contributed by atoms with Gasteiger partial charge in [0.15, 0.2) is 6.61 Å². The number of nitrogens with one attached hydrogen (secondary N) is 2. The molecule has 0 spiro atoms. The number of benzene rings is 3. The van der Waals surface area contributed by atoms with Crippen LogP contribution in [0, 0.1) is 5.82 Å². The first kappa shape index (κ1) is 21.2. The van der Waals surface area contributed by atoms with Gasteiger partial charge >= 0.3 is 0 Å². The standard InChI is InChI=1S/C22H17BrFN3O3/c23-17-6-4-16(5-7-17)22(29)27-25-13-15-2-1-3-20(12-15)30-14-21(28)26-19-10-8-18(24)9-11-19/h1-13H,14H2,(H,26,28)(H,27,29)/b25-13+. The predicted octanol–water partition coefficient (Wildman–Crippen LogP) is 4.37. The molecular formula is C22H17BrFN3O3. The normalized spacial score (nSPS) is 10.6. The van der Waals surface area contributed by atoms with E-state index in [1.165, 1.54) is 30.5 Å². The van der Waals surface area contributed by atoms with Crippen molar-refractivity contribution in [2.24, 2.45) is 5.10 Å². The van der Waals surface area contributed by atoms with Gasteiger partial charge < -0.3 is 10.1 Å². The molecule has 3 aromatic rings. The van der Waals surface area contributed by atoms with Crippen LogP contribution < -0.4 is 15.5 Å². The molecule has 0 aliphatic rings. The Morgan fingerprint density at radius 2 is 1.77 bits per heavy atom. The lowest BCUT2D eigenvalue weighted by molar-refractivity contribution is -0.118. The third-order valence-electron chi connectivity index (χ3n) is 3.84. The van der Waals surface area contributed by atoms with Crippen LogP contribution in [0.5, 0.6) is 5.75 Å². The summed E-state index contributed by atoms with van der Waals surface area (Å²) in [6.07, 6.45) is 1.47. The summed E-state index contributed by atoms with van der Waals surface area (Å²) in [6, 6.07) is 19.2. The minimum atomic E-state index is -0.379. The van der Waals surface area contributed by atoms with E-state index in [-0.39, 0.29) is 24.2 Å². The number of halogens is 2. The molecule has 0 heterocycles. The number of carbonyl (C=O) groups excluding carboxylic acids is 2. The molecule has 2 N–H and O–H groups in total. The van der Waals surface area contributed by atoms with E-state index in [0.717, 1.165) is 4.47 Å². The molecule has 0 aliphatic heterocycles. The van der Waals surface area contributed by atoms with E-state index < -0.39 is 0 Å². The number of carbonyl (C=O) groups is 2. The van der Waals surface area contributed by atoms with Gasteiger partial charge in [-0.1, -0.05) is 28.1 Å². The number of ether oxygens (including phenoxy) is 1. The van der Waals surface area contributed by atoms with E-state index in [9.17, 15) is 14.0 Å². The Bertz CT molecular complexity index is 1050. The van der Waals surface area contributed by atoms with Gasteiger partial charge in [0.25, 0.3) is 11.8 Å². The Balaban J connectivity index is 1.50. The van der Waals surface area contributed by atoms with Crippen molar-refractivity contribution < 1.29 is 18.7 Å². The second kappa shape index (κ2) is 10.3. The van der Waals surface area contributed by atoms with Crippen LogP contribution in [0.4, 0.5) is 10.1 Å². The molecule has 30 heavy (non-hydrogen) atoms. The Morgan fingerprint density at radius 3 is 2.50 bits per heavy atom. The maximum Gasteiger partial charge on any atom is 0.271 e. The first-order valence-electron chi connectivity index (χ1n) is 8.87. The van der Waals surface area contributed by atoms with Gasteiger partial charge in [-0.3, -0.25) is 9.59 Å². The summed E-state index contributed by atoms with van der Waals surface area (Å²) < 4.78 is 19.2. The van der Waals surface area contributed by atoms with Gasteiger partial charge in [0, 0.05) is 15.7 Å². The number of amides is 2. The van der Waals surface area contributed by atoms with Crippen molar-refractivity contribution in [3.05, 3.63) is 94.2 Å². The van der Waals surface area contributed by atoms with E-state index in [0.29, 0.717) is 22.6 Å². The topological polar surface area (TPSA) is 79.8 Å². The van der Waals surface area contributed by atoms with Crippen molar-refractivity contribution in [1.82, 2.24) is 5.43 Å². The minimum Gasteiger partial charge on any atom is -0.484 e. The zero-order valence-corrected chi connectivity index (χ0v) is 17.2. The highest BCUT2D eigenvalue weighted by molar-refractivity contribution is 9.10. The van der Waals surface area contributed by atoms with Crippen molar-refractivity contribution in [3.8, 4) is 5.75 Å². The van der Waals surface area contributed by atoms with Crippen LogP contribution >= 0.6 is 15.9 Å². The van der Waals surface area contributed by atoms with Gasteiger partial charge in [0.2, 0.25) is 0 Å². The second-order valence-corrected chi connectivity index (χ2v) is 7.04. The molecule has 0 atom stereocenters. The van der Waals surface area contributed by atoms with Crippen LogP contribution in [0.15, 0.2) is 82.4 Å². The van der Waals surface area contributed by atoms with Gasteiger partial charge in [0.05, 0.1) is 6.21 Å². The number of anilines is 1. The predicted molar refractivity (Wildman–Crippen MR) is 116 cm³/mol. The molecule has 3 rings (SSSR count). The van der Waals surface area contributed by atoms with Crippen molar-refractivity contribution in [3.63, 3.8) is 0 Å². The fraction of sp³-hybridized carbons (Fsp3) is 0.0455. The molecule has 0 aromatic heterocycles. The molecule has 2 amide bonds. The quantitative estimate of drug-likeness (QED) is 0.398. The molecule has 3 aromatic carbocycles. The summed E-state index contributed by atoms with van der Waals surface area (Å²) >= 11 is 3.31. The van der Waals surface area contributed by atoms with Crippen molar-refractivity contribution in [2.45, 2.75) is 0 Å². The molecule has 0 fully saturated rings. The number of nitrogens with zero attached hydrogens (tertiary/aromatic N) is 1. The van der Waals surface area contributed by atoms with Gasteiger partial charge in [-0.05, 0) is 66.2 Å². The molecular weight excluding hydrogens is 453 g/mol. The van der Waals surface area contributed by atoms with E-state index in [1.807, 2.05) is 0 Å². The highest BCUT2D eigenvalue weighted by Crippen LogP contribution is 2.13. The van der Waals surface area contributed by atoms with Gasteiger partial charge in [-0.25, -0.2) is 9.82 Å². The van der Waals surface area contributed by atoms with Crippen LogP contribution in [0.2, 0.25) is 0 Å². The maximum absolute atomic E-state index is 12.9. The Morgan fingerprint density at radius 1 is 1.03 bits per heavy atom. The van der Waals surface area contributed by atoms with Crippen molar-refractivity contribution >= 4 is 39.6 Å². The average molecular weight is 470 g/mol. The SMILES string of the molecule is O=C(COc1cccc(/C=N/NC(=O)c2ccc(Br)cc2)c1)Nc1ccc(F)cc1. The lowest BCUT2D eigenvalue weighted by Crippen LogP contribution is -2.20. The van der Waals surface area contributed by atoms with Gasteiger partial charge in [-0.2, -0.15) is 5.10 Å². The van der Waals surface area contributed by atoms with Crippen LogP contribution in [0.25, 0.3) is 0 Å². The van der Waals surface area contributed by atoms with E-state index in [4.69, 9.17) is 4.74 Å². The highest BCUT2D eigenvalue weighted by Gasteiger charge is 2.05. The molecule has 152 valence electrons. The fourth-order valence-corrected chi connectivity index (χ4v) is 2.66. The number of hydrazone groups is 1. The fourth-order valence-electron chi connectivity index (χ4n) is 2.40. The molecule has 0 aliphatic carbocycles. The summed E-state index contributed by atoms with van der Waals surface area (Å²) in [5, 5.41) is 6.55. The Hall–Kier alpha value is -3.52. The molecule has 0 radical (unpaired) electrons. The zero-order valence-electron chi connectivity index (χ0n) is 15.6. The second-order valence-electron chi connectivity index (χ2n) is 6.12. The lowest BCUT2D eigenvalue weighted by Gasteiger charge is -2.08. The molecule has 0 saturated heterocycles. The monoisotopic (exact) mass is 469 g/mol.